The first-order valence-electron chi connectivity index (χ1n) is 3.94. The number of alkyl halides is 1. The topological polar surface area (TPSA) is 55.1 Å². The van der Waals surface area contributed by atoms with E-state index in [2.05, 4.69) is 5.32 Å². The number of nitrogens with one attached hydrogen (secondary N) is 1. The zero-order chi connectivity index (χ0) is 9.40. The minimum absolute atomic E-state index is 0.389. The number of primary amides is 1. The molecule has 4 heteroatoms. The van der Waals surface area contributed by atoms with Gasteiger partial charge in [0.1, 0.15) is 0 Å². The molecule has 3 nitrogen and oxygen atoms in total. The zero-order valence-electron chi connectivity index (χ0n) is 7.27. The molecule has 3 N–H and O–H groups in total. The van der Waals surface area contributed by atoms with Crippen LogP contribution in [0.4, 0.5) is 0 Å². The minimum atomic E-state index is -0.389. The molecule has 0 unspecified atom stereocenters. The second-order valence-corrected chi connectivity index (χ2v) is 2.92. The van der Waals surface area contributed by atoms with Gasteiger partial charge >= 0.3 is 0 Å². The highest BCUT2D eigenvalue weighted by atomic mass is 35.5. The number of rotatable bonds is 6. The first kappa shape index (κ1) is 11.3. The third kappa shape index (κ3) is 6.04. The van der Waals surface area contributed by atoms with E-state index in [1.807, 2.05) is 0 Å². The van der Waals surface area contributed by atoms with E-state index in [1.54, 1.807) is 13.1 Å². The number of nitrogens with two attached hydrogens (primary N) is 1. The molecule has 0 saturated heterocycles. The van der Waals surface area contributed by atoms with Crippen molar-refractivity contribution in [3.63, 3.8) is 0 Å². The molecule has 12 heavy (non-hydrogen) atoms. The molecule has 0 aromatic carbocycles. The average Bonchev–Trinajstić information content (AvgIpc) is 2.03. The van der Waals surface area contributed by atoms with Crippen molar-refractivity contribution in [2.45, 2.75) is 19.8 Å². The van der Waals surface area contributed by atoms with Gasteiger partial charge in [-0.2, -0.15) is 0 Å². The lowest BCUT2D eigenvalue weighted by Gasteiger charge is -1.99. The fourth-order valence-electron chi connectivity index (χ4n) is 0.618. The second kappa shape index (κ2) is 6.98. The number of unbranched alkanes of at least 4 members (excludes halogenated alkanes) is 1. The number of halogens is 1. The van der Waals surface area contributed by atoms with Gasteiger partial charge in [-0.15, -0.1) is 11.6 Å². The lowest BCUT2D eigenvalue weighted by molar-refractivity contribution is -0.114. The Labute approximate surface area is 78.0 Å². The van der Waals surface area contributed by atoms with Crippen LogP contribution in [0.15, 0.2) is 11.8 Å². The predicted molar refractivity (Wildman–Crippen MR) is 50.9 cm³/mol. The first-order chi connectivity index (χ1) is 5.68. The summed E-state index contributed by atoms with van der Waals surface area (Å²) in [4.78, 5) is 10.5. The third-order valence-electron chi connectivity index (χ3n) is 1.41. The molecule has 0 fully saturated rings. The molecule has 0 aromatic rings. The second-order valence-electron chi connectivity index (χ2n) is 2.54. The van der Waals surface area contributed by atoms with E-state index in [-0.39, 0.29) is 5.91 Å². The fraction of sp³-hybridized carbons (Fsp3) is 0.625. The number of carbonyl (C=O) groups is 1. The molecular weight excluding hydrogens is 176 g/mol. The Balaban J connectivity index is 3.40. The van der Waals surface area contributed by atoms with E-state index in [0.717, 1.165) is 19.4 Å². The molecule has 0 bridgehead atoms. The molecule has 0 aliphatic heterocycles. The Morgan fingerprint density at radius 2 is 2.25 bits per heavy atom. The first-order valence-corrected chi connectivity index (χ1v) is 4.48. The summed E-state index contributed by atoms with van der Waals surface area (Å²) in [5.74, 6) is 0.292. The van der Waals surface area contributed by atoms with E-state index in [0.29, 0.717) is 11.5 Å². The highest BCUT2D eigenvalue weighted by molar-refractivity contribution is 6.17. The lowest BCUT2D eigenvalue weighted by atomic mass is 10.3. The summed E-state index contributed by atoms with van der Waals surface area (Å²) < 4.78 is 0. The van der Waals surface area contributed by atoms with Gasteiger partial charge in [-0.3, -0.25) is 4.79 Å². The SMILES string of the molecule is C/C(=C/NCCCCCl)C(N)=O. The van der Waals surface area contributed by atoms with E-state index in [9.17, 15) is 4.79 Å². The molecule has 1 amide bonds. The quantitative estimate of drug-likeness (QED) is 0.373. The van der Waals surface area contributed by atoms with E-state index < -0.39 is 0 Å². The molecule has 70 valence electrons. The summed E-state index contributed by atoms with van der Waals surface area (Å²) in [6.07, 6.45) is 3.63. The van der Waals surface area contributed by atoms with Gasteiger partial charge in [0, 0.05) is 24.2 Å². The monoisotopic (exact) mass is 190 g/mol. The number of amides is 1. The van der Waals surface area contributed by atoms with Gasteiger partial charge in [0.15, 0.2) is 0 Å². The van der Waals surface area contributed by atoms with Crippen molar-refractivity contribution in [1.82, 2.24) is 5.32 Å². The van der Waals surface area contributed by atoms with Crippen molar-refractivity contribution in [1.29, 1.82) is 0 Å². The van der Waals surface area contributed by atoms with E-state index >= 15 is 0 Å². The van der Waals surface area contributed by atoms with Crippen molar-refractivity contribution >= 4 is 17.5 Å². The van der Waals surface area contributed by atoms with Gasteiger partial charge in [0.05, 0.1) is 0 Å². The zero-order valence-corrected chi connectivity index (χ0v) is 8.03. The molecule has 0 heterocycles. The maximum atomic E-state index is 10.5. The van der Waals surface area contributed by atoms with Gasteiger partial charge in [0.25, 0.3) is 0 Å². The standard InChI is InChI=1S/C8H15ClN2O/c1-7(8(10)12)6-11-5-3-2-4-9/h6,11H,2-5H2,1H3,(H2,10,12)/b7-6-. The molecule has 0 radical (unpaired) electrons. The van der Waals surface area contributed by atoms with Crippen LogP contribution in [0.1, 0.15) is 19.8 Å². The van der Waals surface area contributed by atoms with Crippen LogP contribution < -0.4 is 11.1 Å². The summed E-state index contributed by atoms with van der Waals surface area (Å²) >= 11 is 5.48. The highest BCUT2D eigenvalue weighted by Crippen LogP contribution is 1.91. The summed E-state index contributed by atoms with van der Waals surface area (Å²) in [6.45, 7) is 2.51. The van der Waals surface area contributed by atoms with Gasteiger partial charge in [-0.1, -0.05) is 0 Å². The molecule has 0 spiro atoms. The molecule has 0 rings (SSSR count). The molecule has 0 saturated carbocycles. The lowest BCUT2D eigenvalue weighted by Crippen LogP contribution is -2.16. The van der Waals surface area contributed by atoms with Crippen molar-refractivity contribution in [2.24, 2.45) is 5.73 Å². The van der Waals surface area contributed by atoms with E-state index in [4.69, 9.17) is 17.3 Å². The van der Waals surface area contributed by atoms with Gasteiger partial charge in [-0.25, -0.2) is 0 Å². The molecule has 0 aliphatic rings. The van der Waals surface area contributed by atoms with Crippen LogP contribution in [0, 0.1) is 0 Å². The average molecular weight is 191 g/mol. The van der Waals surface area contributed by atoms with Crippen molar-refractivity contribution < 1.29 is 4.79 Å². The van der Waals surface area contributed by atoms with Crippen LogP contribution in [0.25, 0.3) is 0 Å². The van der Waals surface area contributed by atoms with Crippen molar-refractivity contribution in [3.8, 4) is 0 Å². The van der Waals surface area contributed by atoms with Crippen LogP contribution in [0.3, 0.4) is 0 Å². The highest BCUT2D eigenvalue weighted by Gasteiger charge is 1.94. The summed E-state index contributed by atoms with van der Waals surface area (Å²) in [7, 11) is 0. The molecule has 0 aromatic heterocycles. The van der Waals surface area contributed by atoms with Crippen LogP contribution in [-0.2, 0) is 4.79 Å². The van der Waals surface area contributed by atoms with Gasteiger partial charge in [-0.05, 0) is 19.8 Å². The summed E-state index contributed by atoms with van der Waals surface area (Å²) in [5.41, 5.74) is 5.55. The molecular formula is C8H15ClN2O. The maximum absolute atomic E-state index is 10.5. The van der Waals surface area contributed by atoms with Crippen LogP contribution in [0.2, 0.25) is 0 Å². The van der Waals surface area contributed by atoms with Crippen LogP contribution in [-0.4, -0.2) is 18.3 Å². The summed E-state index contributed by atoms with van der Waals surface area (Å²) in [5, 5.41) is 2.98. The van der Waals surface area contributed by atoms with E-state index in [1.165, 1.54) is 0 Å². The van der Waals surface area contributed by atoms with Crippen LogP contribution in [0.5, 0.6) is 0 Å². The number of carbonyl (C=O) groups excluding carboxylic acids is 1. The predicted octanol–water partition coefficient (Wildman–Crippen LogP) is 0.984. The third-order valence-corrected chi connectivity index (χ3v) is 1.68. The Kier molecular flexibility index (Phi) is 6.57. The Morgan fingerprint density at radius 1 is 1.58 bits per heavy atom. The summed E-state index contributed by atoms with van der Waals surface area (Å²) in [6, 6.07) is 0. The van der Waals surface area contributed by atoms with Crippen molar-refractivity contribution in [2.75, 3.05) is 12.4 Å². The fourth-order valence-corrected chi connectivity index (χ4v) is 0.807. The largest absolute Gasteiger partial charge is 0.391 e. The molecule has 0 aliphatic carbocycles. The molecule has 0 atom stereocenters. The Morgan fingerprint density at radius 3 is 2.75 bits per heavy atom. The Bertz CT molecular complexity index is 168. The normalized spacial score (nSPS) is 11.3. The smallest absolute Gasteiger partial charge is 0.245 e. The van der Waals surface area contributed by atoms with Crippen LogP contribution >= 0.6 is 11.6 Å². The Hall–Kier alpha value is -0.700. The van der Waals surface area contributed by atoms with Crippen molar-refractivity contribution in [3.05, 3.63) is 11.8 Å². The van der Waals surface area contributed by atoms with Gasteiger partial charge in [0.2, 0.25) is 5.91 Å². The minimum Gasteiger partial charge on any atom is -0.391 e. The number of hydrogen-bond donors (Lipinski definition) is 2. The number of hydrogen-bond acceptors (Lipinski definition) is 2. The maximum Gasteiger partial charge on any atom is 0.245 e. The van der Waals surface area contributed by atoms with Gasteiger partial charge < -0.3 is 11.1 Å².